The van der Waals surface area contributed by atoms with Crippen LogP contribution >= 0.6 is 11.6 Å². The Morgan fingerprint density at radius 2 is 2.26 bits per heavy atom. The third-order valence-corrected chi connectivity index (χ3v) is 3.96. The molecule has 0 aromatic carbocycles. The highest BCUT2D eigenvalue weighted by Crippen LogP contribution is 2.18. The fraction of sp³-hybridized carbons (Fsp3) is 0.647. The Hall–Kier alpha value is -1.33. The van der Waals surface area contributed by atoms with Crippen molar-refractivity contribution in [2.75, 3.05) is 19.6 Å². The van der Waals surface area contributed by atoms with Crippen LogP contribution in [0.2, 0.25) is 5.15 Å². The molecule has 0 unspecified atom stereocenters. The molecule has 0 spiro atoms. The average Bonchev–Trinajstić information content (AvgIpc) is 2.46. The molecule has 1 aromatic rings. The van der Waals surface area contributed by atoms with E-state index in [9.17, 15) is 4.79 Å². The second-order valence-electron chi connectivity index (χ2n) is 7.12. The van der Waals surface area contributed by atoms with Crippen molar-refractivity contribution in [1.29, 1.82) is 0 Å². The summed E-state index contributed by atoms with van der Waals surface area (Å²) in [4.78, 5) is 18.3. The van der Waals surface area contributed by atoms with Crippen molar-refractivity contribution in [3.63, 3.8) is 0 Å². The Morgan fingerprint density at radius 1 is 1.48 bits per heavy atom. The van der Waals surface area contributed by atoms with Crippen LogP contribution in [0.1, 0.15) is 39.2 Å². The number of piperidine rings is 1. The molecule has 1 aromatic heterocycles. The fourth-order valence-electron chi connectivity index (χ4n) is 2.76. The number of carbonyl (C=O) groups is 1. The molecule has 23 heavy (non-hydrogen) atoms. The van der Waals surface area contributed by atoms with E-state index in [0.29, 0.717) is 17.6 Å². The summed E-state index contributed by atoms with van der Waals surface area (Å²) in [5.41, 5.74) is 0.708. The Labute approximate surface area is 143 Å². The highest BCUT2D eigenvalue weighted by Gasteiger charge is 2.22. The zero-order valence-corrected chi connectivity index (χ0v) is 14.9. The summed E-state index contributed by atoms with van der Waals surface area (Å²) in [6.45, 7) is 9.18. The van der Waals surface area contributed by atoms with Crippen LogP contribution in [0.15, 0.2) is 18.3 Å². The maximum atomic E-state index is 11.7. The second-order valence-corrected chi connectivity index (χ2v) is 7.50. The fourth-order valence-corrected chi connectivity index (χ4v) is 2.87. The number of rotatable bonds is 4. The van der Waals surface area contributed by atoms with Gasteiger partial charge in [-0.15, -0.1) is 0 Å². The van der Waals surface area contributed by atoms with Crippen LogP contribution in [0, 0.1) is 5.92 Å². The van der Waals surface area contributed by atoms with E-state index in [1.54, 1.807) is 0 Å². The maximum absolute atomic E-state index is 11.7. The lowest BCUT2D eigenvalue weighted by atomic mass is 9.97. The van der Waals surface area contributed by atoms with Gasteiger partial charge in [-0.1, -0.05) is 17.7 Å². The van der Waals surface area contributed by atoms with Gasteiger partial charge >= 0.3 is 6.09 Å². The third-order valence-electron chi connectivity index (χ3n) is 3.73. The van der Waals surface area contributed by atoms with E-state index in [-0.39, 0.29) is 6.09 Å². The van der Waals surface area contributed by atoms with E-state index in [4.69, 9.17) is 16.3 Å². The first-order valence-electron chi connectivity index (χ1n) is 8.11. The van der Waals surface area contributed by atoms with Gasteiger partial charge in [0.05, 0.1) is 0 Å². The predicted molar refractivity (Wildman–Crippen MR) is 91.5 cm³/mol. The second kappa shape index (κ2) is 7.97. The summed E-state index contributed by atoms with van der Waals surface area (Å²) < 4.78 is 5.28. The standard InChI is InChI=1S/C17H26ClN3O2/c1-17(2,3)23-16(22)20-10-13-5-4-8-21(11-13)12-14-6-7-15(18)19-9-14/h6-7,9,13H,4-5,8,10-12H2,1-3H3,(H,20,22)/t13-/m1/s1. The monoisotopic (exact) mass is 339 g/mol. The molecule has 1 N–H and O–H groups in total. The molecule has 1 fully saturated rings. The van der Waals surface area contributed by atoms with Gasteiger partial charge in [0.15, 0.2) is 0 Å². The van der Waals surface area contributed by atoms with E-state index in [1.165, 1.54) is 0 Å². The molecule has 5 nitrogen and oxygen atoms in total. The normalized spacial score (nSPS) is 19.4. The van der Waals surface area contributed by atoms with Crippen molar-refractivity contribution < 1.29 is 9.53 Å². The van der Waals surface area contributed by atoms with Crippen LogP contribution in [-0.4, -0.2) is 41.2 Å². The van der Waals surface area contributed by atoms with Crippen LogP contribution < -0.4 is 5.32 Å². The van der Waals surface area contributed by atoms with Crippen LogP contribution in [0.4, 0.5) is 4.79 Å². The number of amides is 1. The minimum absolute atomic E-state index is 0.337. The number of pyridine rings is 1. The minimum atomic E-state index is -0.454. The van der Waals surface area contributed by atoms with E-state index >= 15 is 0 Å². The van der Waals surface area contributed by atoms with Gasteiger partial charge in [-0.2, -0.15) is 0 Å². The molecule has 1 amide bonds. The molecule has 0 saturated carbocycles. The zero-order valence-electron chi connectivity index (χ0n) is 14.1. The maximum Gasteiger partial charge on any atom is 0.407 e. The summed E-state index contributed by atoms with van der Waals surface area (Å²) in [7, 11) is 0. The molecule has 1 aliphatic rings. The zero-order chi connectivity index (χ0) is 16.9. The SMILES string of the molecule is CC(C)(C)OC(=O)NC[C@H]1CCCN(Cc2ccc(Cl)nc2)C1. The molecule has 0 aliphatic carbocycles. The van der Waals surface area contributed by atoms with E-state index < -0.39 is 5.60 Å². The van der Waals surface area contributed by atoms with Gasteiger partial charge in [0.25, 0.3) is 0 Å². The van der Waals surface area contributed by atoms with Crippen molar-refractivity contribution in [2.24, 2.45) is 5.92 Å². The molecular weight excluding hydrogens is 314 g/mol. The van der Waals surface area contributed by atoms with Gasteiger partial charge in [-0.3, -0.25) is 4.90 Å². The molecule has 0 radical (unpaired) electrons. The van der Waals surface area contributed by atoms with Crippen LogP contribution in [0.25, 0.3) is 0 Å². The van der Waals surface area contributed by atoms with Gasteiger partial charge < -0.3 is 10.1 Å². The van der Waals surface area contributed by atoms with Crippen molar-refractivity contribution in [2.45, 2.75) is 45.8 Å². The molecule has 0 bridgehead atoms. The van der Waals surface area contributed by atoms with Gasteiger partial charge in [-0.05, 0) is 57.7 Å². The van der Waals surface area contributed by atoms with E-state index in [2.05, 4.69) is 15.2 Å². The number of likely N-dealkylation sites (tertiary alicyclic amines) is 1. The molecule has 1 aliphatic heterocycles. The predicted octanol–water partition coefficient (Wildman–Crippen LogP) is 3.47. The molecular formula is C17H26ClN3O2. The summed E-state index contributed by atoms with van der Waals surface area (Å²) in [6, 6.07) is 3.83. The topological polar surface area (TPSA) is 54.5 Å². The van der Waals surface area contributed by atoms with Crippen LogP contribution in [-0.2, 0) is 11.3 Å². The Bertz CT molecular complexity index is 514. The molecule has 2 heterocycles. The largest absolute Gasteiger partial charge is 0.444 e. The lowest BCUT2D eigenvalue weighted by Crippen LogP contribution is -2.41. The Balaban J connectivity index is 1.77. The van der Waals surface area contributed by atoms with Gasteiger partial charge in [0.1, 0.15) is 10.8 Å². The number of carbonyl (C=O) groups excluding carboxylic acids is 1. The van der Waals surface area contributed by atoms with Crippen molar-refractivity contribution in [3.05, 3.63) is 29.0 Å². The quantitative estimate of drug-likeness (QED) is 0.853. The molecule has 2 rings (SSSR count). The van der Waals surface area contributed by atoms with Gasteiger partial charge in [0, 0.05) is 25.8 Å². The van der Waals surface area contributed by atoms with E-state index in [1.807, 2.05) is 39.1 Å². The summed E-state index contributed by atoms with van der Waals surface area (Å²) in [5.74, 6) is 0.455. The molecule has 1 saturated heterocycles. The molecule has 1 atom stereocenters. The van der Waals surface area contributed by atoms with Crippen molar-refractivity contribution in [3.8, 4) is 0 Å². The van der Waals surface area contributed by atoms with Crippen LogP contribution in [0.5, 0.6) is 0 Å². The summed E-state index contributed by atoms with van der Waals surface area (Å²) >= 11 is 5.82. The molecule has 6 heteroatoms. The number of ether oxygens (including phenoxy) is 1. The van der Waals surface area contributed by atoms with Crippen LogP contribution in [0.3, 0.4) is 0 Å². The van der Waals surface area contributed by atoms with Crippen molar-refractivity contribution in [1.82, 2.24) is 15.2 Å². The Morgan fingerprint density at radius 3 is 2.91 bits per heavy atom. The Kier molecular flexibility index (Phi) is 6.25. The number of halogens is 1. The number of nitrogens with one attached hydrogen (secondary N) is 1. The number of hydrogen-bond acceptors (Lipinski definition) is 4. The first kappa shape index (κ1) is 18.0. The highest BCUT2D eigenvalue weighted by molar-refractivity contribution is 6.29. The number of nitrogens with zero attached hydrogens (tertiary/aromatic N) is 2. The summed E-state index contributed by atoms with van der Waals surface area (Å²) in [6.07, 6.45) is 3.76. The molecule has 128 valence electrons. The summed E-state index contributed by atoms with van der Waals surface area (Å²) in [5, 5.41) is 3.40. The van der Waals surface area contributed by atoms with Gasteiger partial charge in [0.2, 0.25) is 0 Å². The smallest absolute Gasteiger partial charge is 0.407 e. The lowest BCUT2D eigenvalue weighted by molar-refractivity contribution is 0.0506. The first-order valence-corrected chi connectivity index (χ1v) is 8.49. The first-order chi connectivity index (χ1) is 10.8. The number of hydrogen-bond donors (Lipinski definition) is 1. The van der Waals surface area contributed by atoms with Crippen molar-refractivity contribution >= 4 is 17.7 Å². The average molecular weight is 340 g/mol. The minimum Gasteiger partial charge on any atom is -0.444 e. The number of alkyl carbamates (subject to hydrolysis) is 1. The lowest BCUT2D eigenvalue weighted by Gasteiger charge is -2.33. The third kappa shape index (κ3) is 6.75. The number of aromatic nitrogens is 1. The highest BCUT2D eigenvalue weighted by atomic mass is 35.5. The van der Waals surface area contributed by atoms with Gasteiger partial charge in [-0.25, -0.2) is 9.78 Å². The van der Waals surface area contributed by atoms with E-state index in [0.717, 1.165) is 38.0 Å².